The summed E-state index contributed by atoms with van der Waals surface area (Å²) in [5.41, 5.74) is 0.504. The first-order valence-electron chi connectivity index (χ1n) is 9.84. The van der Waals surface area contributed by atoms with Crippen LogP contribution in [0, 0.1) is 5.41 Å². The number of rotatable bonds is 9. The van der Waals surface area contributed by atoms with Gasteiger partial charge in [0.25, 0.3) is 0 Å². The number of carbonyl (C=O) groups is 3. The van der Waals surface area contributed by atoms with Gasteiger partial charge in [-0.2, -0.15) is 0 Å². The van der Waals surface area contributed by atoms with Gasteiger partial charge in [0.1, 0.15) is 0 Å². The maximum absolute atomic E-state index is 12.6. The van der Waals surface area contributed by atoms with E-state index in [2.05, 4.69) is 10.6 Å². The number of carboxylic acid groups (broad SMARTS) is 1. The summed E-state index contributed by atoms with van der Waals surface area (Å²) in [4.78, 5) is 37.6. The first-order chi connectivity index (χ1) is 13.3. The van der Waals surface area contributed by atoms with Crippen molar-refractivity contribution in [3.05, 3.63) is 35.9 Å². The molecular weight excluding hydrogens is 358 g/mol. The van der Waals surface area contributed by atoms with E-state index >= 15 is 0 Å². The molecule has 0 aliphatic heterocycles. The third-order valence-corrected chi connectivity index (χ3v) is 5.37. The number of urea groups is 1. The lowest BCUT2D eigenvalue weighted by Crippen LogP contribution is -2.50. The van der Waals surface area contributed by atoms with Gasteiger partial charge >= 0.3 is 12.0 Å². The molecule has 0 saturated heterocycles. The summed E-state index contributed by atoms with van der Waals surface area (Å²) < 4.78 is 0. The number of nitrogens with one attached hydrogen (secondary N) is 2. The van der Waals surface area contributed by atoms with Crippen molar-refractivity contribution in [1.82, 2.24) is 15.5 Å². The molecule has 7 nitrogen and oxygen atoms in total. The second-order valence-electron chi connectivity index (χ2n) is 7.83. The van der Waals surface area contributed by atoms with Gasteiger partial charge in [-0.1, -0.05) is 43.2 Å². The van der Waals surface area contributed by atoms with Crippen LogP contribution in [0.5, 0.6) is 0 Å². The van der Waals surface area contributed by atoms with E-state index in [4.69, 9.17) is 5.11 Å². The molecule has 1 atom stereocenters. The monoisotopic (exact) mass is 389 g/mol. The standard InChI is InChI=1S/C21H31N3O4/c1-24(2)19(27)21(12-6-7-13-21)15-22-20(28)23-17(10-11-18(25)26)14-16-8-4-3-5-9-16/h3-5,8-9,17H,6-7,10-15H2,1-2H3,(H,25,26)(H2,22,23,28). The molecule has 0 aromatic heterocycles. The molecule has 0 radical (unpaired) electrons. The van der Waals surface area contributed by atoms with Gasteiger partial charge in [-0.15, -0.1) is 0 Å². The SMILES string of the molecule is CN(C)C(=O)C1(CNC(=O)NC(CCC(=O)O)Cc2ccccc2)CCCC1. The maximum atomic E-state index is 12.6. The number of carboxylic acids is 1. The Balaban J connectivity index is 1.95. The second-order valence-corrected chi connectivity index (χ2v) is 7.83. The van der Waals surface area contributed by atoms with Gasteiger partial charge in [0, 0.05) is 33.1 Å². The number of hydrogen-bond donors (Lipinski definition) is 3. The van der Waals surface area contributed by atoms with Gasteiger partial charge in [-0.25, -0.2) is 4.79 Å². The average molecular weight is 389 g/mol. The minimum atomic E-state index is -0.887. The predicted molar refractivity (Wildman–Crippen MR) is 107 cm³/mol. The Morgan fingerprint density at radius 1 is 1.14 bits per heavy atom. The number of aliphatic carboxylic acids is 1. The summed E-state index contributed by atoms with van der Waals surface area (Å²) in [6.45, 7) is 0.298. The normalized spacial score (nSPS) is 16.2. The molecule has 1 fully saturated rings. The fourth-order valence-electron chi connectivity index (χ4n) is 3.90. The van der Waals surface area contributed by atoms with Crippen molar-refractivity contribution < 1.29 is 19.5 Å². The quantitative estimate of drug-likeness (QED) is 0.604. The summed E-state index contributed by atoms with van der Waals surface area (Å²) in [7, 11) is 3.48. The van der Waals surface area contributed by atoms with Crippen LogP contribution in [0.25, 0.3) is 0 Å². The highest BCUT2D eigenvalue weighted by atomic mass is 16.4. The fourth-order valence-corrected chi connectivity index (χ4v) is 3.90. The molecule has 1 aromatic rings. The lowest BCUT2D eigenvalue weighted by atomic mass is 9.84. The summed E-state index contributed by atoms with van der Waals surface area (Å²) in [6.07, 6.45) is 4.41. The van der Waals surface area contributed by atoms with Crippen LogP contribution in [-0.2, 0) is 16.0 Å². The van der Waals surface area contributed by atoms with Crippen LogP contribution in [0.2, 0.25) is 0 Å². The highest BCUT2D eigenvalue weighted by molar-refractivity contribution is 5.84. The lowest BCUT2D eigenvalue weighted by molar-refractivity contribution is -0.139. The first kappa shape index (κ1) is 21.7. The van der Waals surface area contributed by atoms with E-state index in [0.29, 0.717) is 19.4 Å². The fraction of sp³-hybridized carbons (Fsp3) is 0.571. The van der Waals surface area contributed by atoms with Crippen LogP contribution in [0.15, 0.2) is 30.3 Å². The van der Waals surface area contributed by atoms with Crippen LogP contribution >= 0.6 is 0 Å². The Labute approximate surface area is 166 Å². The highest BCUT2D eigenvalue weighted by Crippen LogP contribution is 2.38. The zero-order chi connectivity index (χ0) is 20.6. The van der Waals surface area contributed by atoms with Crippen LogP contribution in [0.1, 0.15) is 44.1 Å². The molecular formula is C21H31N3O4. The van der Waals surface area contributed by atoms with Gasteiger partial charge in [0.2, 0.25) is 5.91 Å². The van der Waals surface area contributed by atoms with Gasteiger partial charge in [-0.05, 0) is 31.2 Å². The molecule has 28 heavy (non-hydrogen) atoms. The number of benzene rings is 1. The molecule has 7 heteroatoms. The van der Waals surface area contributed by atoms with E-state index in [1.54, 1.807) is 19.0 Å². The maximum Gasteiger partial charge on any atom is 0.315 e. The van der Waals surface area contributed by atoms with Gasteiger partial charge in [0.15, 0.2) is 0 Å². The third kappa shape index (κ3) is 6.25. The van der Waals surface area contributed by atoms with Gasteiger partial charge in [0.05, 0.1) is 5.41 Å². The Bertz CT molecular complexity index is 669. The van der Waals surface area contributed by atoms with E-state index in [9.17, 15) is 14.4 Å². The molecule has 0 heterocycles. The van der Waals surface area contributed by atoms with E-state index in [1.807, 2.05) is 30.3 Å². The zero-order valence-electron chi connectivity index (χ0n) is 16.7. The van der Waals surface area contributed by atoms with E-state index in [1.165, 1.54) is 0 Å². The van der Waals surface area contributed by atoms with E-state index in [0.717, 1.165) is 31.2 Å². The van der Waals surface area contributed by atoms with Crippen molar-refractivity contribution in [2.24, 2.45) is 5.41 Å². The molecule has 3 amide bonds. The van der Waals surface area contributed by atoms with Crippen molar-refractivity contribution in [2.45, 2.75) is 51.0 Å². The number of hydrogen-bond acceptors (Lipinski definition) is 3. The summed E-state index contributed by atoms with van der Waals surface area (Å²) in [5.74, 6) is -0.834. The third-order valence-electron chi connectivity index (χ3n) is 5.37. The molecule has 1 aliphatic carbocycles. The predicted octanol–water partition coefficient (Wildman–Crippen LogP) is 2.41. The number of amides is 3. The smallest absolute Gasteiger partial charge is 0.315 e. The molecule has 0 bridgehead atoms. The van der Waals surface area contributed by atoms with Crippen molar-refractivity contribution in [3.8, 4) is 0 Å². The van der Waals surface area contributed by atoms with Gasteiger partial charge < -0.3 is 20.6 Å². The van der Waals surface area contributed by atoms with Crippen molar-refractivity contribution in [3.63, 3.8) is 0 Å². The largest absolute Gasteiger partial charge is 0.481 e. The summed E-state index contributed by atoms with van der Waals surface area (Å²) in [5, 5.41) is 14.7. The first-order valence-corrected chi connectivity index (χ1v) is 9.84. The van der Waals surface area contributed by atoms with Crippen LogP contribution in [0.4, 0.5) is 4.79 Å². The van der Waals surface area contributed by atoms with Crippen LogP contribution in [-0.4, -0.2) is 54.6 Å². The average Bonchev–Trinajstić information content (AvgIpc) is 3.14. The molecule has 1 saturated carbocycles. The molecule has 1 aliphatic rings. The summed E-state index contributed by atoms with van der Waals surface area (Å²) >= 11 is 0. The van der Waals surface area contributed by atoms with Crippen molar-refractivity contribution >= 4 is 17.9 Å². The Morgan fingerprint density at radius 2 is 1.79 bits per heavy atom. The molecule has 1 unspecified atom stereocenters. The Morgan fingerprint density at radius 3 is 2.36 bits per heavy atom. The van der Waals surface area contributed by atoms with Crippen LogP contribution < -0.4 is 10.6 Å². The second kappa shape index (κ2) is 10.1. The molecule has 154 valence electrons. The highest BCUT2D eigenvalue weighted by Gasteiger charge is 2.42. The minimum Gasteiger partial charge on any atom is -0.481 e. The lowest BCUT2D eigenvalue weighted by Gasteiger charge is -2.31. The number of nitrogens with zero attached hydrogens (tertiary/aromatic N) is 1. The minimum absolute atomic E-state index is 0.0131. The van der Waals surface area contributed by atoms with Crippen molar-refractivity contribution in [2.75, 3.05) is 20.6 Å². The summed E-state index contributed by atoms with van der Waals surface area (Å²) in [6, 6.07) is 9.01. The Hall–Kier alpha value is -2.57. The van der Waals surface area contributed by atoms with Crippen LogP contribution in [0.3, 0.4) is 0 Å². The Kier molecular flexibility index (Phi) is 7.84. The van der Waals surface area contributed by atoms with Gasteiger partial charge in [-0.3, -0.25) is 9.59 Å². The molecule has 0 spiro atoms. The zero-order valence-corrected chi connectivity index (χ0v) is 16.7. The van der Waals surface area contributed by atoms with E-state index < -0.39 is 11.4 Å². The van der Waals surface area contributed by atoms with E-state index in [-0.39, 0.29) is 24.4 Å². The molecule has 3 N–H and O–H groups in total. The topological polar surface area (TPSA) is 98.7 Å². The van der Waals surface area contributed by atoms with Crippen molar-refractivity contribution in [1.29, 1.82) is 0 Å². The number of carbonyl (C=O) groups excluding carboxylic acids is 2. The molecule has 2 rings (SSSR count). The molecule has 1 aromatic carbocycles.